The van der Waals surface area contributed by atoms with Gasteiger partial charge in [-0.1, -0.05) is 39.5 Å². The maximum absolute atomic E-state index is 6.32. The molecule has 1 saturated carbocycles. The van der Waals surface area contributed by atoms with E-state index in [4.69, 9.17) is 5.73 Å². The average molecular weight is 183 g/mol. The van der Waals surface area contributed by atoms with Crippen molar-refractivity contribution in [1.82, 2.24) is 0 Å². The Morgan fingerprint density at radius 3 is 2.62 bits per heavy atom. The van der Waals surface area contributed by atoms with Crippen molar-refractivity contribution in [2.24, 2.45) is 11.7 Å². The molecule has 2 unspecified atom stereocenters. The normalized spacial score (nSPS) is 35.8. The zero-order chi connectivity index (χ0) is 9.73. The molecule has 0 aliphatic heterocycles. The summed E-state index contributed by atoms with van der Waals surface area (Å²) in [5.41, 5.74) is 6.50. The van der Waals surface area contributed by atoms with Crippen LogP contribution in [0.25, 0.3) is 0 Å². The fourth-order valence-electron chi connectivity index (χ4n) is 2.55. The molecule has 0 amide bonds. The van der Waals surface area contributed by atoms with Crippen molar-refractivity contribution in [3.05, 3.63) is 0 Å². The van der Waals surface area contributed by atoms with E-state index in [0.717, 1.165) is 12.3 Å². The molecule has 1 aliphatic carbocycles. The number of rotatable bonds is 3. The lowest BCUT2D eigenvalue weighted by atomic mass is 9.88. The first-order chi connectivity index (χ1) is 6.20. The molecule has 13 heavy (non-hydrogen) atoms. The molecule has 0 aromatic carbocycles. The van der Waals surface area contributed by atoms with Crippen LogP contribution in [0.5, 0.6) is 0 Å². The van der Waals surface area contributed by atoms with E-state index < -0.39 is 0 Å². The molecular formula is C12H25N. The summed E-state index contributed by atoms with van der Waals surface area (Å²) in [7, 11) is 0. The van der Waals surface area contributed by atoms with Crippen molar-refractivity contribution < 1.29 is 0 Å². The molecule has 1 aliphatic rings. The fourth-order valence-corrected chi connectivity index (χ4v) is 2.55. The molecule has 1 nitrogen and oxygen atoms in total. The molecule has 0 spiro atoms. The first kappa shape index (κ1) is 11.0. The van der Waals surface area contributed by atoms with Crippen LogP contribution in [-0.4, -0.2) is 5.54 Å². The molecule has 2 atom stereocenters. The monoisotopic (exact) mass is 183 g/mol. The summed E-state index contributed by atoms with van der Waals surface area (Å²) in [5, 5.41) is 0. The van der Waals surface area contributed by atoms with E-state index in [0.29, 0.717) is 0 Å². The van der Waals surface area contributed by atoms with Crippen LogP contribution < -0.4 is 5.73 Å². The number of hydrogen-bond donors (Lipinski definition) is 1. The molecule has 0 aromatic heterocycles. The van der Waals surface area contributed by atoms with Gasteiger partial charge < -0.3 is 5.73 Å². The van der Waals surface area contributed by atoms with Crippen LogP contribution in [0, 0.1) is 5.92 Å². The molecule has 0 bridgehead atoms. The second kappa shape index (κ2) is 4.99. The van der Waals surface area contributed by atoms with Crippen molar-refractivity contribution in [2.75, 3.05) is 0 Å². The third-order valence-electron chi connectivity index (χ3n) is 3.74. The van der Waals surface area contributed by atoms with E-state index in [1.54, 1.807) is 0 Å². The Labute approximate surface area is 83.1 Å². The van der Waals surface area contributed by atoms with Gasteiger partial charge in [0.2, 0.25) is 0 Å². The zero-order valence-corrected chi connectivity index (χ0v) is 9.31. The van der Waals surface area contributed by atoms with Gasteiger partial charge in [-0.25, -0.2) is 0 Å². The zero-order valence-electron chi connectivity index (χ0n) is 9.31. The van der Waals surface area contributed by atoms with Gasteiger partial charge in [-0.2, -0.15) is 0 Å². The predicted molar refractivity (Wildman–Crippen MR) is 58.7 cm³/mol. The van der Waals surface area contributed by atoms with Crippen LogP contribution in [0.4, 0.5) is 0 Å². The van der Waals surface area contributed by atoms with E-state index in [1.807, 2.05) is 0 Å². The minimum absolute atomic E-state index is 0.183. The first-order valence-electron chi connectivity index (χ1n) is 5.99. The van der Waals surface area contributed by atoms with Gasteiger partial charge in [0.15, 0.2) is 0 Å². The van der Waals surface area contributed by atoms with Crippen molar-refractivity contribution in [1.29, 1.82) is 0 Å². The van der Waals surface area contributed by atoms with E-state index in [9.17, 15) is 0 Å². The minimum atomic E-state index is 0.183. The Morgan fingerprint density at radius 2 is 2.00 bits per heavy atom. The van der Waals surface area contributed by atoms with Gasteiger partial charge in [-0.05, 0) is 31.6 Å². The molecule has 0 saturated heterocycles. The van der Waals surface area contributed by atoms with E-state index >= 15 is 0 Å². The smallest absolute Gasteiger partial charge is 0.0151 e. The molecule has 2 N–H and O–H groups in total. The summed E-state index contributed by atoms with van der Waals surface area (Å²) >= 11 is 0. The van der Waals surface area contributed by atoms with Crippen LogP contribution in [0.1, 0.15) is 65.2 Å². The Balaban J connectivity index is 2.39. The first-order valence-corrected chi connectivity index (χ1v) is 5.99. The summed E-state index contributed by atoms with van der Waals surface area (Å²) in [4.78, 5) is 0. The van der Waals surface area contributed by atoms with Crippen molar-refractivity contribution in [3.63, 3.8) is 0 Å². The van der Waals surface area contributed by atoms with Gasteiger partial charge in [0.25, 0.3) is 0 Å². The van der Waals surface area contributed by atoms with Crippen LogP contribution in [-0.2, 0) is 0 Å². The fraction of sp³-hybridized carbons (Fsp3) is 1.00. The van der Waals surface area contributed by atoms with Crippen LogP contribution in [0.2, 0.25) is 0 Å². The molecule has 1 rings (SSSR count). The van der Waals surface area contributed by atoms with Gasteiger partial charge in [0, 0.05) is 5.54 Å². The Hall–Kier alpha value is -0.0400. The summed E-state index contributed by atoms with van der Waals surface area (Å²) < 4.78 is 0. The summed E-state index contributed by atoms with van der Waals surface area (Å²) in [6.45, 7) is 4.53. The van der Waals surface area contributed by atoms with Crippen LogP contribution in [0.3, 0.4) is 0 Å². The molecular weight excluding hydrogens is 158 g/mol. The molecule has 0 radical (unpaired) electrons. The molecule has 1 heteroatoms. The average Bonchev–Trinajstić information content (AvgIpc) is 2.31. The van der Waals surface area contributed by atoms with Crippen molar-refractivity contribution >= 4 is 0 Å². The number of nitrogens with two attached hydrogens (primary N) is 1. The topological polar surface area (TPSA) is 26.0 Å². The molecule has 0 aromatic rings. The highest BCUT2D eigenvalue weighted by atomic mass is 14.7. The molecule has 1 fully saturated rings. The van der Waals surface area contributed by atoms with Crippen molar-refractivity contribution in [2.45, 2.75) is 70.8 Å². The van der Waals surface area contributed by atoms with E-state index in [2.05, 4.69) is 13.8 Å². The van der Waals surface area contributed by atoms with Crippen LogP contribution >= 0.6 is 0 Å². The van der Waals surface area contributed by atoms with Crippen LogP contribution in [0.15, 0.2) is 0 Å². The third kappa shape index (κ3) is 3.30. The minimum Gasteiger partial charge on any atom is -0.325 e. The van der Waals surface area contributed by atoms with Gasteiger partial charge in [0.1, 0.15) is 0 Å². The van der Waals surface area contributed by atoms with Gasteiger partial charge >= 0.3 is 0 Å². The summed E-state index contributed by atoms with van der Waals surface area (Å²) in [5.74, 6) is 0.974. The maximum Gasteiger partial charge on any atom is 0.0151 e. The maximum atomic E-state index is 6.32. The lowest BCUT2D eigenvalue weighted by Gasteiger charge is -2.26. The SMILES string of the molecule is CCCC1CCCC(N)(CC)CC1. The third-order valence-corrected chi connectivity index (χ3v) is 3.74. The summed E-state index contributed by atoms with van der Waals surface area (Å²) in [6, 6.07) is 0. The van der Waals surface area contributed by atoms with Crippen molar-refractivity contribution in [3.8, 4) is 0 Å². The highest BCUT2D eigenvalue weighted by molar-refractivity contribution is 4.86. The largest absolute Gasteiger partial charge is 0.325 e. The second-order valence-electron chi connectivity index (χ2n) is 4.80. The van der Waals surface area contributed by atoms with Gasteiger partial charge in [0.05, 0.1) is 0 Å². The Bertz CT molecular complexity index is 144. The van der Waals surface area contributed by atoms with Gasteiger partial charge in [-0.3, -0.25) is 0 Å². The highest BCUT2D eigenvalue weighted by Gasteiger charge is 2.26. The highest BCUT2D eigenvalue weighted by Crippen LogP contribution is 2.32. The van der Waals surface area contributed by atoms with Gasteiger partial charge in [-0.15, -0.1) is 0 Å². The van der Waals surface area contributed by atoms with E-state index in [1.165, 1.54) is 44.9 Å². The second-order valence-corrected chi connectivity index (χ2v) is 4.80. The summed E-state index contributed by atoms with van der Waals surface area (Å²) in [6.07, 6.45) is 10.6. The molecule has 78 valence electrons. The Morgan fingerprint density at radius 1 is 1.23 bits per heavy atom. The standard InChI is InChI=1S/C12H25N/c1-3-6-11-7-5-9-12(13,4-2)10-8-11/h11H,3-10,13H2,1-2H3. The molecule has 0 heterocycles. The lowest BCUT2D eigenvalue weighted by Crippen LogP contribution is -2.38. The Kier molecular flexibility index (Phi) is 4.24. The van der Waals surface area contributed by atoms with E-state index in [-0.39, 0.29) is 5.54 Å². The lowest BCUT2D eigenvalue weighted by molar-refractivity contribution is 0.347. The number of hydrogen-bond acceptors (Lipinski definition) is 1. The predicted octanol–water partition coefficient (Wildman–Crippen LogP) is 3.47. The quantitative estimate of drug-likeness (QED) is 0.666.